The number of rotatable bonds is 9. The van der Waals surface area contributed by atoms with E-state index in [2.05, 4.69) is 10.6 Å². The van der Waals surface area contributed by atoms with Crippen molar-refractivity contribution in [1.82, 2.24) is 16.0 Å². The molecule has 2 atom stereocenters. The van der Waals surface area contributed by atoms with Gasteiger partial charge >= 0.3 is 12.2 Å². The normalized spacial score (nSPS) is 14.4. The molecule has 0 heterocycles. The number of nitrogens with one attached hydrogen (secondary N) is 3. The summed E-state index contributed by atoms with van der Waals surface area (Å²) >= 11 is 0. The van der Waals surface area contributed by atoms with Crippen molar-refractivity contribution in [2.45, 2.75) is 31.3 Å². The Morgan fingerprint density at radius 2 is 1.90 bits per heavy atom. The van der Waals surface area contributed by atoms with E-state index in [-0.39, 0.29) is 25.9 Å². The van der Waals surface area contributed by atoms with Gasteiger partial charge in [0, 0.05) is 13.1 Å². The van der Waals surface area contributed by atoms with Gasteiger partial charge in [-0.3, -0.25) is 4.79 Å². The summed E-state index contributed by atoms with van der Waals surface area (Å²) in [6.45, 7) is 1.34. The molecule has 0 spiro atoms. The number of amides is 3. The third-order valence-corrected chi connectivity index (χ3v) is 2.65. The van der Waals surface area contributed by atoms with Gasteiger partial charge in [-0.05, 0) is 19.8 Å². The zero-order chi connectivity index (χ0) is 16.5. The van der Waals surface area contributed by atoms with Crippen LogP contribution in [0.15, 0.2) is 0 Å². The van der Waals surface area contributed by atoms with Crippen LogP contribution in [-0.2, 0) is 9.59 Å². The molecule has 0 rings (SSSR count). The van der Waals surface area contributed by atoms with Crippen LogP contribution in [0.3, 0.4) is 0 Å². The third-order valence-electron chi connectivity index (χ3n) is 2.65. The maximum atomic E-state index is 12.0. The van der Waals surface area contributed by atoms with Gasteiger partial charge in [0.1, 0.15) is 17.9 Å². The zero-order valence-electron chi connectivity index (χ0n) is 11.6. The molecule has 0 saturated carbocycles. The summed E-state index contributed by atoms with van der Waals surface area (Å²) in [5.74, 6) is -0.701. The van der Waals surface area contributed by atoms with Crippen molar-refractivity contribution in [3.05, 3.63) is 0 Å². The number of carboxylic acid groups (broad SMARTS) is 2. The molecule has 0 aromatic rings. The summed E-state index contributed by atoms with van der Waals surface area (Å²) in [5.41, 5.74) is 4.08. The molecule has 21 heavy (non-hydrogen) atoms. The predicted molar refractivity (Wildman–Crippen MR) is 71.9 cm³/mol. The van der Waals surface area contributed by atoms with Crippen molar-refractivity contribution in [2.75, 3.05) is 13.1 Å². The third kappa shape index (κ3) is 7.72. The van der Waals surface area contributed by atoms with Crippen LogP contribution < -0.4 is 21.7 Å². The molecule has 0 bridgehead atoms. The molecular formula is C11H20N4O6. The van der Waals surface area contributed by atoms with Crippen LogP contribution in [0.25, 0.3) is 0 Å². The van der Waals surface area contributed by atoms with E-state index in [1.165, 1.54) is 6.92 Å². The summed E-state index contributed by atoms with van der Waals surface area (Å²) in [6, 6.07) is -1.11. The predicted octanol–water partition coefficient (Wildman–Crippen LogP) is -1.30. The lowest BCUT2D eigenvalue weighted by Gasteiger charge is -2.26. The molecule has 0 aromatic carbocycles. The number of hydrogen-bond acceptors (Lipinski definition) is 5. The molecular weight excluding hydrogens is 284 g/mol. The van der Waals surface area contributed by atoms with Gasteiger partial charge in [-0.2, -0.15) is 0 Å². The second kappa shape index (κ2) is 8.74. The quantitative estimate of drug-likeness (QED) is 0.227. The first-order chi connectivity index (χ1) is 9.74. The molecule has 3 amide bonds. The molecule has 120 valence electrons. The van der Waals surface area contributed by atoms with Crippen LogP contribution in [0, 0.1) is 0 Å². The zero-order valence-corrected chi connectivity index (χ0v) is 11.6. The van der Waals surface area contributed by atoms with Crippen molar-refractivity contribution in [3.63, 3.8) is 0 Å². The fourth-order valence-electron chi connectivity index (χ4n) is 1.42. The summed E-state index contributed by atoms with van der Waals surface area (Å²) in [6.07, 6.45) is -1.83. The number of hydrogen-bond donors (Lipinski definition) is 6. The SMILES string of the molecule is CC(C=O)(CN)NC(=O)[C@@H](CCCNC(=O)O)NC(=O)O. The highest BCUT2D eigenvalue weighted by molar-refractivity contribution is 5.88. The molecule has 0 aliphatic carbocycles. The highest BCUT2D eigenvalue weighted by atomic mass is 16.4. The molecule has 0 aliphatic heterocycles. The van der Waals surface area contributed by atoms with Crippen molar-refractivity contribution >= 4 is 24.4 Å². The maximum absolute atomic E-state index is 12.0. The summed E-state index contributed by atoms with van der Waals surface area (Å²) in [4.78, 5) is 43.8. The minimum atomic E-state index is -1.40. The second-order valence-corrected chi connectivity index (χ2v) is 4.60. The molecule has 10 heteroatoms. The molecule has 0 fully saturated rings. The second-order valence-electron chi connectivity index (χ2n) is 4.60. The van der Waals surface area contributed by atoms with E-state index in [0.29, 0.717) is 6.29 Å². The van der Waals surface area contributed by atoms with E-state index >= 15 is 0 Å². The van der Waals surface area contributed by atoms with Gasteiger partial charge in [-0.25, -0.2) is 9.59 Å². The fraction of sp³-hybridized carbons (Fsp3) is 0.636. The van der Waals surface area contributed by atoms with E-state index in [4.69, 9.17) is 15.9 Å². The highest BCUT2D eigenvalue weighted by Gasteiger charge is 2.28. The number of aldehydes is 1. The topological polar surface area (TPSA) is 171 Å². The Morgan fingerprint density at radius 1 is 1.29 bits per heavy atom. The Hall–Kier alpha value is -2.36. The van der Waals surface area contributed by atoms with E-state index in [0.717, 1.165) is 0 Å². The van der Waals surface area contributed by atoms with Crippen molar-refractivity contribution < 1.29 is 29.4 Å². The Bertz CT molecular complexity index is 402. The van der Waals surface area contributed by atoms with Crippen molar-refractivity contribution in [1.29, 1.82) is 0 Å². The Labute approximate surface area is 121 Å². The Morgan fingerprint density at radius 3 is 2.33 bits per heavy atom. The fourth-order valence-corrected chi connectivity index (χ4v) is 1.42. The molecule has 0 aromatic heterocycles. The number of carbonyl (C=O) groups is 4. The van der Waals surface area contributed by atoms with Crippen LogP contribution in [0.5, 0.6) is 0 Å². The first-order valence-corrected chi connectivity index (χ1v) is 6.18. The first-order valence-electron chi connectivity index (χ1n) is 6.18. The van der Waals surface area contributed by atoms with Gasteiger partial charge in [0.2, 0.25) is 5.91 Å². The monoisotopic (exact) mass is 304 g/mol. The minimum absolute atomic E-state index is 0.0674. The first kappa shape index (κ1) is 18.6. The average Bonchev–Trinajstić information content (AvgIpc) is 2.41. The lowest BCUT2D eigenvalue weighted by molar-refractivity contribution is -0.127. The molecule has 0 aliphatic rings. The molecule has 7 N–H and O–H groups in total. The van der Waals surface area contributed by atoms with Gasteiger partial charge in [0.15, 0.2) is 0 Å². The largest absolute Gasteiger partial charge is 0.465 e. The highest BCUT2D eigenvalue weighted by Crippen LogP contribution is 2.02. The van der Waals surface area contributed by atoms with E-state index < -0.39 is 29.7 Å². The van der Waals surface area contributed by atoms with Crippen LogP contribution >= 0.6 is 0 Å². The molecule has 0 saturated heterocycles. The van der Waals surface area contributed by atoms with E-state index in [9.17, 15) is 19.2 Å². The van der Waals surface area contributed by atoms with Gasteiger partial charge in [0.25, 0.3) is 0 Å². The molecule has 10 nitrogen and oxygen atoms in total. The summed E-state index contributed by atoms with van der Waals surface area (Å²) in [7, 11) is 0. The lowest BCUT2D eigenvalue weighted by Crippen LogP contribution is -2.58. The summed E-state index contributed by atoms with van der Waals surface area (Å²) < 4.78 is 0. The standard InChI is InChI=1S/C11H20N4O6/c1-11(5-12,6-16)15-8(17)7(14-10(20)21)3-2-4-13-9(18)19/h6-7,13-14H,2-5,12H2,1H3,(H,15,17)(H,18,19)(H,20,21)/t7-,11?/m1/s1. The Kier molecular flexibility index (Phi) is 7.76. The van der Waals surface area contributed by atoms with Crippen LogP contribution in [0.1, 0.15) is 19.8 Å². The van der Waals surface area contributed by atoms with Crippen molar-refractivity contribution in [2.24, 2.45) is 5.73 Å². The van der Waals surface area contributed by atoms with Gasteiger partial charge < -0.3 is 36.7 Å². The van der Waals surface area contributed by atoms with Crippen LogP contribution in [0.2, 0.25) is 0 Å². The van der Waals surface area contributed by atoms with E-state index in [1.54, 1.807) is 0 Å². The van der Waals surface area contributed by atoms with Crippen LogP contribution in [0.4, 0.5) is 9.59 Å². The molecule has 1 unspecified atom stereocenters. The van der Waals surface area contributed by atoms with Gasteiger partial charge in [-0.15, -0.1) is 0 Å². The van der Waals surface area contributed by atoms with E-state index in [1.807, 2.05) is 5.32 Å². The summed E-state index contributed by atoms with van der Waals surface area (Å²) in [5, 5.41) is 23.6. The average molecular weight is 304 g/mol. The van der Waals surface area contributed by atoms with Crippen molar-refractivity contribution in [3.8, 4) is 0 Å². The number of carbonyl (C=O) groups excluding carboxylic acids is 2. The van der Waals surface area contributed by atoms with Gasteiger partial charge in [-0.1, -0.05) is 0 Å². The van der Waals surface area contributed by atoms with Crippen LogP contribution in [-0.4, -0.2) is 59.3 Å². The lowest BCUT2D eigenvalue weighted by atomic mass is 10.0. The van der Waals surface area contributed by atoms with Gasteiger partial charge in [0.05, 0.1) is 0 Å². The number of nitrogens with two attached hydrogens (primary N) is 1. The maximum Gasteiger partial charge on any atom is 0.405 e. The Balaban J connectivity index is 4.58. The smallest absolute Gasteiger partial charge is 0.405 e. The minimum Gasteiger partial charge on any atom is -0.465 e. The molecule has 0 radical (unpaired) electrons.